The van der Waals surface area contributed by atoms with Gasteiger partial charge in [0.1, 0.15) is 10.7 Å². The van der Waals surface area contributed by atoms with Crippen LogP contribution in [0.4, 0.5) is 0 Å². The van der Waals surface area contributed by atoms with Crippen LogP contribution in [-0.4, -0.2) is 9.55 Å². The van der Waals surface area contributed by atoms with Gasteiger partial charge < -0.3 is 0 Å². The quantitative estimate of drug-likeness (QED) is 0.488. The first kappa shape index (κ1) is 16.6. The first-order chi connectivity index (χ1) is 12.7. The molecular weight excluding hydrogens is 340 g/mol. The van der Waals surface area contributed by atoms with E-state index >= 15 is 0 Å². The SMILES string of the molecule is C#CCn1c(CCC)nc2scc(-c3ccc4ccccc4c3)c2c1=O. The van der Waals surface area contributed by atoms with E-state index in [4.69, 9.17) is 11.4 Å². The van der Waals surface area contributed by atoms with Crippen molar-refractivity contribution in [1.29, 1.82) is 0 Å². The summed E-state index contributed by atoms with van der Waals surface area (Å²) in [5, 5.41) is 5.03. The fourth-order valence-corrected chi connectivity index (χ4v) is 4.26. The number of hydrogen-bond donors (Lipinski definition) is 0. The summed E-state index contributed by atoms with van der Waals surface area (Å²) in [5.74, 6) is 3.36. The summed E-state index contributed by atoms with van der Waals surface area (Å²) in [4.78, 5) is 18.7. The highest BCUT2D eigenvalue weighted by atomic mass is 32.1. The van der Waals surface area contributed by atoms with Crippen molar-refractivity contribution >= 4 is 32.3 Å². The molecule has 0 aliphatic rings. The summed E-state index contributed by atoms with van der Waals surface area (Å²) in [7, 11) is 0. The normalized spacial score (nSPS) is 11.1. The third-order valence-electron chi connectivity index (χ3n) is 4.56. The van der Waals surface area contributed by atoms with Gasteiger partial charge in [0, 0.05) is 17.4 Å². The van der Waals surface area contributed by atoms with Crippen LogP contribution in [0.5, 0.6) is 0 Å². The summed E-state index contributed by atoms with van der Waals surface area (Å²) in [6, 6.07) is 14.5. The van der Waals surface area contributed by atoms with E-state index in [2.05, 4.69) is 43.2 Å². The Hall–Kier alpha value is -2.90. The molecule has 0 aliphatic heterocycles. The molecule has 2 heterocycles. The van der Waals surface area contributed by atoms with Crippen molar-refractivity contribution in [2.75, 3.05) is 0 Å². The molecule has 4 heteroatoms. The van der Waals surface area contributed by atoms with Gasteiger partial charge >= 0.3 is 0 Å². The van der Waals surface area contributed by atoms with Crippen LogP contribution in [-0.2, 0) is 13.0 Å². The molecule has 0 amide bonds. The molecule has 2 aromatic heterocycles. The Morgan fingerprint density at radius 1 is 1.19 bits per heavy atom. The predicted molar refractivity (Wildman–Crippen MR) is 110 cm³/mol. The van der Waals surface area contributed by atoms with Gasteiger partial charge in [-0.2, -0.15) is 0 Å². The summed E-state index contributed by atoms with van der Waals surface area (Å²) in [6.45, 7) is 2.33. The number of hydrogen-bond acceptors (Lipinski definition) is 3. The standard InChI is InChI=1S/C22H18N2OS/c1-3-7-19-23-21-20(22(25)24(19)12-4-2)18(14-26-21)17-11-10-15-8-5-6-9-16(15)13-17/h2,5-6,8-11,13-14H,3,7,12H2,1H3. The van der Waals surface area contributed by atoms with E-state index in [1.54, 1.807) is 4.57 Å². The number of thiophene rings is 1. The van der Waals surface area contributed by atoms with Gasteiger partial charge in [-0.05, 0) is 28.8 Å². The molecule has 2 aromatic carbocycles. The monoisotopic (exact) mass is 358 g/mol. The van der Waals surface area contributed by atoms with Gasteiger partial charge in [-0.3, -0.25) is 9.36 Å². The Morgan fingerprint density at radius 3 is 2.77 bits per heavy atom. The Kier molecular flexibility index (Phi) is 4.32. The molecule has 0 saturated carbocycles. The summed E-state index contributed by atoms with van der Waals surface area (Å²) >= 11 is 1.52. The zero-order chi connectivity index (χ0) is 18.1. The minimum atomic E-state index is -0.0409. The largest absolute Gasteiger partial charge is 0.284 e. The number of benzene rings is 2. The molecule has 4 aromatic rings. The highest BCUT2D eigenvalue weighted by molar-refractivity contribution is 7.17. The van der Waals surface area contributed by atoms with Crippen molar-refractivity contribution in [3.63, 3.8) is 0 Å². The maximum Gasteiger partial charge on any atom is 0.263 e. The van der Waals surface area contributed by atoms with E-state index in [1.165, 1.54) is 16.7 Å². The third kappa shape index (κ3) is 2.71. The molecule has 0 saturated heterocycles. The molecule has 0 fully saturated rings. The molecule has 0 radical (unpaired) electrons. The average Bonchev–Trinajstić information content (AvgIpc) is 3.09. The van der Waals surface area contributed by atoms with Crippen molar-refractivity contribution in [2.24, 2.45) is 0 Å². The zero-order valence-corrected chi connectivity index (χ0v) is 15.3. The second kappa shape index (κ2) is 6.78. The van der Waals surface area contributed by atoms with Gasteiger partial charge in [0.05, 0.1) is 11.9 Å². The first-order valence-corrected chi connectivity index (χ1v) is 9.54. The Labute approximate surface area is 155 Å². The minimum Gasteiger partial charge on any atom is -0.284 e. The second-order valence-corrected chi connectivity index (χ2v) is 7.12. The van der Waals surface area contributed by atoms with Crippen LogP contribution in [0, 0.1) is 12.3 Å². The topological polar surface area (TPSA) is 34.9 Å². The van der Waals surface area contributed by atoms with E-state index in [0.717, 1.165) is 40.0 Å². The molecule has 0 N–H and O–H groups in total. The van der Waals surface area contributed by atoms with Crippen LogP contribution in [0.3, 0.4) is 0 Å². The highest BCUT2D eigenvalue weighted by Gasteiger charge is 2.16. The van der Waals surface area contributed by atoms with Crippen molar-refractivity contribution in [1.82, 2.24) is 9.55 Å². The molecule has 0 atom stereocenters. The molecule has 0 bridgehead atoms. The van der Waals surface area contributed by atoms with Gasteiger partial charge in [-0.25, -0.2) is 4.98 Å². The smallest absolute Gasteiger partial charge is 0.263 e. The fraction of sp³-hybridized carbons (Fsp3) is 0.182. The van der Waals surface area contributed by atoms with Crippen molar-refractivity contribution < 1.29 is 0 Å². The number of aromatic nitrogens is 2. The highest BCUT2D eigenvalue weighted by Crippen LogP contribution is 2.32. The van der Waals surface area contributed by atoms with Crippen LogP contribution >= 0.6 is 11.3 Å². The van der Waals surface area contributed by atoms with E-state index in [1.807, 2.05) is 17.5 Å². The van der Waals surface area contributed by atoms with E-state index in [0.29, 0.717) is 5.39 Å². The average molecular weight is 358 g/mol. The summed E-state index contributed by atoms with van der Waals surface area (Å²) < 4.78 is 1.64. The third-order valence-corrected chi connectivity index (χ3v) is 5.43. The molecule has 3 nitrogen and oxygen atoms in total. The zero-order valence-electron chi connectivity index (χ0n) is 14.5. The molecule has 0 aliphatic carbocycles. The summed E-state index contributed by atoms with van der Waals surface area (Å²) in [5.41, 5.74) is 1.92. The van der Waals surface area contributed by atoms with Gasteiger partial charge in [0.2, 0.25) is 0 Å². The van der Waals surface area contributed by atoms with Crippen LogP contribution in [0.2, 0.25) is 0 Å². The predicted octanol–water partition coefficient (Wildman–Crippen LogP) is 4.86. The van der Waals surface area contributed by atoms with Crippen molar-refractivity contribution in [3.8, 4) is 23.5 Å². The molecule has 4 rings (SSSR count). The Bertz CT molecular complexity index is 1210. The second-order valence-electron chi connectivity index (χ2n) is 6.26. The van der Waals surface area contributed by atoms with Crippen molar-refractivity contribution in [2.45, 2.75) is 26.3 Å². The van der Waals surface area contributed by atoms with Gasteiger partial charge in [-0.1, -0.05) is 49.2 Å². The van der Waals surface area contributed by atoms with Crippen LogP contribution in [0.15, 0.2) is 52.6 Å². The lowest BCUT2D eigenvalue weighted by molar-refractivity contribution is 0.686. The number of rotatable bonds is 4. The maximum atomic E-state index is 13.2. The molecule has 0 spiro atoms. The van der Waals surface area contributed by atoms with Crippen LogP contribution in [0.25, 0.3) is 32.1 Å². The molecule has 0 unspecified atom stereocenters. The molecule has 26 heavy (non-hydrogen) atoms. The maximum absolute atomic E-state index is 13.2. The van der Waals surface area contributed by atoms with Crippen LogP contribution < -0.4 is 5.56 Å². The van der Waals surface area contributed by atoms with Gasteiger partial charge in [-0.15, -0.1) is 17.8 Å². The van der Waals surface area contributed by atoms with E-state index in [-0.39, 0.29) is 12.1 Å². The number of terminal acetylenes is 1. The lowest BCUT2D eigenvalue weighted by Gasteiger charge is -2.10. The first-order valence-electron chi connectivity index (χ1n) is 8.66. The summed E-state index contributed by atoms with van der Waals surface area (Å²) in [6.07, 6.45) is 7.16. The van der Waals surface area contributed by atoms with Crippen LogP contribution in [0.1, 0.15) is 19.2 Å². The van der Waals surface area contributed by atoms with Crippen molar-refractivity contribution in [3.05, 3.63) is 64.0 Å². The minimum absolute atomic E-state index is 0.0409. The Balaban J connectivity index is 1.97. The van der Waals surface area contributed by atoms with E-state index < -0.39 is 0 Å². The number of fused-ring (bicyclic) bond motifs is 2. The van der Waals surface area contributed by atoms with Gasteiger partial charge in [0.25, 0.3) is 5.56 Å². The van der Waals surface area contributed by atoms with Gasteiger partial charge in [0.15, 0.2) is 0 Å². The Morgan fingerprint density at radius 2 is 2.00 bits per heavy atom. The number of aryl methyl sites for hydroxylation is 1. The number of nitrogens with zero attached hydrogens (tertiary/aromatic N) is 2. The van der Waals surface area contributed by atoms with E-state index in [9.17, 15) is 4.79 Å². The lowest BCUT2D eigenvalue weighted by atomic mass is 10.0. The lowest BCUT2D eigenvalue weighted by Crippen LogP contribution is -2.24. The molecule has 128 valence electrons. The fourth-order valence-electron chi connectivity index (χ4n) is 3.30. The molecular formula is C22H18N2OS.